The summed E-state index contributed by atoms with van der Waals surface area (Å²) in [6.07, 6.45) is 7.28. The molecule has 0 fully saturated rings. The molecule has 0 heterocycles. The van der Waals surface area contributed by atoms with Crippen molar-refractivity contribution in [2.24, 2.45) is 5.41 Å². The van der Waals surface area contributed by atoms with Crippen molar-refractivity contribution in [2.75, 3.05) is 0 Å². The van der Waals surface area contributed by atoms with Crippen LogP contribution in [0.2, 0.25) is 0 Å². The number of halogens is 1. The van der Waals surface area contributed by atoms with Gasteiger partial charge >= 0.3 is 0 Å². The lowest BCUT2D eigenvalue weighted by Gasteiger charge is -2.33. The molecule has 0 spiro atoms. The summed E-state index contributed by atoms with van der Waals surface area (Å²) in [5.74, 6) is 0.561. The van der Waals surface area contributed by atoms with Crippen LogP contribution in [0.15, 0.2) is 89.5 Å². The number of allylic oxidation sites excluding steroid dienone is 5. The molecular formula is C30H31FO2. The Hall–Kier alpha value is -3.33. The monoisotopic (exact) mass is 442 g/mol. The van der Waals surface area contributed by atoms with Crippen molar-refractivity contribution >= 4 is 16.6 Å². The average molecular weight is 443 g/mol. The van der Waals surface area contributed by atoms with E-state index < -0.39 is 5.83 Å². The predicted molar refractivity (Wildman–Crippen MR) is 135 cm³/mol. The third kappa shape index (κ3) is 4.88. The molecule has 0 aromatic heterocycles. The van der Waals surface area contributed by atoms with Crippen LogP contribution in [0.4, 0.5) is 4.39 Å². The highest BCUT2D eigenvalue weighted by Gasteiger charge is 2.26. The van der Waals surface area contributed by atoms with E-state index >= 15 is 4.39 Å². The molecule has 1 aliphatic carbocycles. The third-order valence-electron chi connectivity index (χ3n) is 6.57. The molecule has 0 saturated carbocycles. The van der Waals surface area contributed by atoms with Gasteiger partial charge in [-0.05, 0) is 73.3 Å². The fraction of sp³-hybridized carbons (Fsp3) is 0.267. The summed E-state index contributed by atoms with van der Waals surface area (Å²) in [5, 5.41) is 12.6. The van der Waals surface area contributed by atoms with E-state index in [4.69, 9.17) is 4.74 Å². The van der Waals surface area contributed by atoms with Gasteiger partial charge in [0, 0.05) is 11.5 Å². The molecule has 3 aromatic carbocycles. The SMILES string of the molecule is CC1=C(/C=C/C(C)=C(\F)c2ccc(Oc3cccc4ccccc34)cc2O)C(C)(C)CCC1. The quantitative estimate of drug-likeness (QED) is 0.399. The molecule has 0 atom stereocenters. The second-order valence-electron chi connectivity index (χ2n) is 9.52. The third-order valence-corrected chi connectivity index (χ3v) is 6.57. The van der Waals surface area contributed by atoms with Crippen LogP contribution in [0.25, 0.3) is 16.6 Å². The topological polar surface area (TPSA) is 29.5 Å². The number of benzene rings is 3. The number of rotatable bonds is 5. The van der Waals surface area contributed by atoms with Gasteiger partial charge in [0.15, 0.2) is 0 Å². The lowest BCUT2D eigenvalue weighted by Crippen LogP contribution is -2.19. The van der Waals surface area contributed by atoms with E-state index in [-0.39, 0.29) is 16.7 Å². The van der Waals surface area contributed by atoms with Crippen LogP contribution in [0, 0.1) is 5.41 Å². The number of aromatic hydroxyl groups is 1. The summed E-state index contributed by atoms with van der Waals surface area (Å²) in [6, 6.07) is 18.5. The summed E-state index contributed by atoms with van der Waals surface area (Å²) in [6.45, 7) is 8.38. The first-order valence-corrected chi connectivity index (χ1v) is 11.5. The predicted octanol–water partition coefficient (Wildman–Crippen LogP) is 9.12. The number of phenols is 1. The maximum Gasteiger partial charge on any atom is 0.137 e. The van der Waals surface area contributed by atoms with Crippen molar-refractivity contribution in [3.8, 4) is 17.2 Å². The van der Waals surface area contributed by atoms with Gasteiger partial charge in [-0.15, -0.1) is 0 Å². The van der Waals surface area contributed by atoms with Crippen LogP contribution in [0.1, 0.15) is 52.5 Å². The average Bonchev–Trinajstić information content (AvgIpc) is 2.78. The first-order chi connectivity index (χ1) is 15.8. The molecule has 0 unspecified atom stereocenters. The Bertz CT molecular complexity index is 1270. The van der Waals surface area contributed by atoms with Crippen LogP contribution in [-0.2, 0) is 0 Å². The second-order valence-corrected chi connectivity index (χ2v) is 9.52. The molecule has 0 aliphatic heterocycles. The molecule has 33 heavy (non-hydrogen) atoms. The Kier molecular flexibility index (Phi) is 6.42. The van der Waals surface area contributed by atoms with Crippen LogP contribution in [0.5, 0.6) is 17.2 Å². The van der Waals surface area contributed by atoms with Gasteiger partial charge in [-0.2, -0.15) is 0 Å². The van der Waals surface area contributed by atoms with E-state index in [9.17, 15) is 5.11 Å². The van der Waals surface area contributed by atoms with Crippen LogP contribution in [0.3, 0.4) is 0 Å². The van der Waals surface area contributed by atoms with Gasteiger partial charge in [-0.25, -0.2) is 4.39 Å². The van der Waals surface area contributed by atoms with Crippen LogP contribution in [-0.4, -0.2) is 5.11 Å². The van der Waals surface area contributed by atoms with Crippen LogP contribution < -0.4 is 4.74 Å². The van der Waals surface area contributed by atoms with Crippen molar-refractivity contribution in [2.45, 2.75) is 47.0 Å². The first-order valence-electron chi connectivity index (χ1n) is 11.5. The zero-order valence-electron chi connectivity index (χ0n) is 19.8. The number of hydrogen-bond donors (Lipinski definition) is 1. The van der Waals surface area contributed by atoms with E-state index in [1.54, 1.807) is 19.1 Å². The lowest BCUT2D eigenvalue weighted by molar-refractivity contribution is 0.377. The largest absolute Gasteiger partial charge is 0.507 e. The van der Waals surface area contributed by atoms with Gasteiger partial charge in [0.25, 0.3) is 0 Å². The molecule has 3 aromatic rings. The summed E-state index contributed by atoms with van der Waals surface area (Å²) in [7, 11) is 0. The number of fused-ring (bicyclic) bond motifs is 1. The smallest absolute Gasteiger partial charge is 0.137 e. The Morgan fingerprint density at radius 1 is 1.06 bits per heavy atom. The van der Waals surface area contributed by atoms with E-state index in [1.807, 2.05) is 54.6 Å². The molecule has 0 amide bonds. The van der Waals surface area contributed by atoms with Crippen molar-refractivity contribution < 1.29 is 14.2 Å². The van der Waals surface area contributed by atoms with Crippen LogP contribution >= 0.6 is 0 Å². The molecule has 3 heteroatoms. The highest BCUT2D eigenvalue weighted by Crippen LogP contribution is 2.41. The summed E-state index contributed by atoms with van der Waals surface area (Å²) >= 11 is 0. The van der Waals surface area contributed by atoms with Crippen molar-refractivity contribution in [1.82, 2.24) is 0 Å². The Morgan fingerprint density at radius 2 is 1.82 bits per heavy atom. The number of hydrogen-bond acceptors (Lipinski definition) is 2. The molecule has 0 saturated heterocycles. The normalized spacial score (nSPS) is 16.9. The number of ether oxygens (including phenoxy) is 1. The highest BCUT2D eigenvalue weighted by molar-refractivity contribution is 5.88. The summed E-state index contributed by atoms with van der Waals surface area (Å²) < 4.78 is 21.2. The standard InChI is InChI=1S/C30H31FO2/c1-20-9-8-18-30(3,4)26(20)17-14-21(2)29(31)25-16-15-23(19-27(25)32)33-28-13-7-11-22-10-5-6-12-24(22)28/h5-7,10-17,19,32H,8-9,18H2,1-4H3/b17-14+,29-21-. The van der Waals surface area contributed by atoms with E-state index in [0.717, 1.165) is 23.6 Å². The fourth-order valence-corrected chi connectivity index (χ4v) is 4.68. The maximum atomic E-state index is 15.2. The zero-order valence-corrected chi connectivity index (χ0v) is 19.8. The van der Waals surface area contributed by atoms with Gasteiger partial charge in [0.05, 0.1) is 5.56 Å². The minimum atomic E-state index is -0.438. The van der Waals surface area contributed by atoms with Crippen molar-refractivity contribution in [1.29, 1.82) is 0 Å². The Labute approximate surface area is 195 Å². The maximum absolute atomic E-state index is 15.2. The molecule has 1 aliphatic rings. The number of phenolic OH excluding ortho intramolecular Hbond substituents is 1. The minimum Gasteiger partial charge on any atom is -0.507 e. The molecule has 0 radical (unpaired) electrons. The molecule has 170 valence electrons. The van der Waals surface area contributed by atoms with Gasteiger partial charge < -0.3 is 9.84 Å². The molecular weight excluding hydrogens is 411 g/mol. The van der Waals surface area contributed by atoms with E-state index in [1.165, 1.54) is 23.6 Å². The van der Waals surface area contributed by atoms with Crippen molar-refractivity contribution in [3.05, 3.63) is 95.1 Å². The summed E-state index contributed by atoms with van der Waals surface area (Å²) in [4.78, 5) is 0. The molecule has 0 bridgehead atoms. The highest BCUT2D eigenvalue weighted by atomic mass is 19.1. The molecule has 1 N–H and O–H groups in total. The van der Waals surface area contributed by atoms with Gasteiger partial charge in [-0.3, -0.25) is 0 Å². The fourth-order valence-electron chi connectivity index (χ4n) is 4.68. The van der Waals surface area contributed by atoms with Gasteiger partial charge in [0.1, 0.15) is 23.1 Å². The molecule has 4 rings (SSSR count). The zero-order chi connectivity index (χ0) is 23.6. The Balaban J connectivity index is 1.59. The lowest BCUT2D eigenvalue weighted by atomic mass is 9.72. The van der Waals surface area contributed by atoms with Gasteiger partial charge in [-0.1, -0.05) is 68.0 Å². The van der Waals surface area contributed by atoms with E-state index in [0.29, 0.717) is 17.1 Å². The second kappa shape index (κ2) is 9.27. The van der Waals surface area contributed by atoms with E-state index in [2.05, 4.69) is 20.8 Å². The molecule has 2 nitrogen and oxygen atoms in total. The Morgan fingerprint density at radius 3 is 2.58 bits per heavy atom. The summed E-state index contributed by atoms with van der Waals surface area (Å²) in [5.41, 5.74) is 3.39. The van der Waals surface area contributed by atoms with Crippen molar-refractivity contribution in [3.63, 3.8) is 0 Å². The minimum absolute atomic E-state index is 0.0956. The van der Waals surface area contributed by atoms with Gasteiger partial charge in [0.2, 0.25) is 0 Å². The first kappa shape index (κ1) is 22.8.